The fraction of sp³-hybridized carbons (Fsp3) is 0.200. The highest BCUT2D eigenvalue weighted by Crippen LogP contribution is 2.36. The Bertz CT molecular complexity index is 1250. The zero-order valence-corrected chi connectivity index (χ0v) is 18.1. The van der Waals surface area contributed by atoms with Crippen LogP contribution in [0.3, 0.4) is 0 Å². The lowest BCUT2D eigenvalue weighted by atomic mass is 10.1. The molecule has 1 unspecified atom stereocenters. The number of carbonyl (C=O) groups excluding carboxylic acids is 2. The highest BCUT2D eigenvalue weighted by atomic mass is 19.2. The fourth-order valence-electron chi connectivity index (χ4n) is 3.62. The molecule has 182 valence electrons. The zero-order chi connectivity index (χ0) is 25.3. The van der Waals surface area contributed by atoms with Crippen molar-refractivity contribution in [3.05, 3.63) is 94.8 Å². The number of rotatable bonds is 7. The van der Waals surface area contributed by atoms with E-state index < -0.39 is 52.6 Å². The van der Waals surface area contributed by atoms with E-state index in [1.54, 1.807) is 30.3 Å². The first-order valence-electron chi connectivity index (χ1n) is 10.7. The summed E-state index contributed by atoms with van der Waals surface area (Å²) in [7, 11) is 0. The van der Waals surface area contributed by atoms with Gasteiger partial charge in [0, 0.05) is 0 Å². The predicted octanol–water partition coefficient (Wildman–Crippen LogP) is 4.94. The molecule has 0 saturated heterocycles. The van der Waals surface area contributed by atoms with E-state index in [1.807, 2.05) is 0 Å². The molecule has 1 aliphatic rings. The lowest BCUT2D eigenvalue weighted by Gasteiger charge is -2.27. The molecular formula is C25H19F5N2O3. The van der Waals surface area contributed by atoms with E-state index in [4.69, 9.17) is 0 Å². The Morgan fingerprint density at radius 3 is 2.00 bits per heavy atom. The van der Waals surface area contributed by atoms with Crippen LogP contribution in [0.15, 0.2) is 54.6 Å². The highest BCUT2D eigenvalue weighted by Gasteiger charge is 2.38. The van der Waals surface area contributed by atoms with Crippen LogP contribution >= 0.6 is 0 Å². The number of aliphatic hydroxyl groups excluding tert-OH is 1. The molecule has 2 amide bonds. The number of para-hydroxylation sites is 2. The lowest BCUT2D eigenvalue weighted by molar-refractivity contribution is -0.127. The van der Waals surface area contributed by atoms with Gasteiger partial charge < -0.3 is 15.3 Å². The Balaban J connectivity index is 1.72. The summed E-state index contributed by atoms with van der Waals surface area (Å²) in [6.45, 7) is -0.0150. The van der Waals surface area contributed by atoms with Crippen LogP contribution in [0.2, 0.25) is 0 Å². The molecule has 1 fully saturated rings. The second-order valence-electron chi connectivity index (χ2n) is 8.11. The monoisotopic (exact) mass is 490 g/mol. The number of nitrogens with zero attached hydrogens (tertiary/aromatic N) is 1. The van der Waals surface area contributed by atoms with Crippen molar-refractivity contribution in [2.75, 3.05) is 10.2 Å². The minimum absolute atomic E-state index is 0.0150. The van der Waals surface area contributed by atoms with Gasteiger partial charge in [-0.3, -0.25) is 9.59 Å². The number of anilines is 2. The fourth-order valence-corrected chi connectivity index (χ4v) is 3.62. The topological polar surface area (TPSA) is 69.6 Å². The minimum Gasteiger partial charge on any atom is -0.383 e. The zero-order valence-electron chi connectivity index (χ0n) is 18.1. The number of benzene rings is 3. The van der Waals surface area contributed by atoms with Crippen molar-refractivity contribution in [1.82, 2.24) is 0 Å². The summed E-state index contributed by atoms with van der Waals surface area (Å²) in [6, 6.07) is 14.4. The van der Waals surface area contributed by atoms with E-state index in [0.29, 0.717) is 18.4 Å². The van der Waals surface area contributed by atoms with Gasteiger partial charge >= 0.3 is 0 Å². The Kier molecular flexibility index (Phi) is 6.83. The average Bonchev–Trinajstić information content (AvgIpc) is 3.71. The molecule has 2 N–H and O–H groups in total. The van der Waals surface area contributed by atoms with Crippen molar-refractivity contribution in [3.8, 4) is 0 Å². The number of halogens is 5. The van der Waals surface area contributed by atoms with Gasteiger partial charge in [-0.25, -0.2) is 22.0 Å². The molecule has 35 heavy (non-hydrogen) atoms. The Hall–Kier alpha value is -3.79. The maximum atomic E-state index is 14.2. The molecular weight excluding hydrogens is 471 g/mol. The molecule has 1 saturated carbocycles. The molecule has 1 atom stereocenters. The third-order valence-corrected chi connectivity index (χ3v) is 5.65. The molecule has 5 nitrogen and oxygen atoms in total. The molecule has 3 aromatic carbocycles. The summed E-state index contributed by atoms with van der Waals surface area (Å²) in [4.78, 5) is 27.0. The van der Waals surface area contributed by atoms with Crippen LogP contribution in [0.5, 0.6) is 0 Å². The van der Waals surface area contributed by atoms with Gasteiger partial charge in [0.15, 0.2) is 23.3 Å². The summed E-state index contributed by atoms with van der Waals surface area (Å²) >= 11 is 0. The number of aliphatic hydroxyl groups is 1. The molecule has 0 heterocycles. The first-order valence-corrected chi connectivity index (χ1v) is 10.7. The first kappa shape index (κ1) is 24.3. The second-order valence-corrected chi connectivity index (χ2v) is 8.11. The van der Waals surface area contributed by atoms with Crippen molar-refractivity contribution in [2.24, 2.45) is 5.92 Å². The normalized spacial score (nSPS) is 13.9. The van der Waals surface area contributed by atoms with Gasteiger partial charge in [-0.15, -0.1) is 0 Å². The molecule has 1 aliphatic carbocycles. The summed E-state index contributed by atoms with van der Waals surface area (Å²) in [5.74, 6) is -13.9. The van der Waals surface area contributed by atoms with Crippen molar-refractivity contribution < 1.29 is 36.6 Å². The number of hydrogen-bond donors (Lipinski definition) is 2. The number of hydrogen-bond acceptors (Lipinski definition) is 3. The van der Waals surface area contributed by atoms with Crippen LogP contribution in [0.25, 0.3) is 0 Å². The maximum Gasteiger partial charge on any atom is 0.261 e. The van der Waals surface area contributed by atoms with Crippen LogP contribution in [-0.2, 0) is 11.3 Å². The van der Waals surface area contributed by atoms with Gasteiger partial charge in [-0.1, -0.05) is 42.5 Å². The number of nitrogens with one attached hydrogen (secondary N) is 1. The minimum atomic E-state index is -2.38. The molecule has 0 radical (unpaired) electrons. The standard InChI is InChI=1S/C25H19F5N2O3/c26-18-17(19(27)21(29)22(30)20(18)28)24(34)31-15-8-4-5-9-16(15)32(12-13-6-2-1-3-7-13)25(35)23(33)14-10-11-14/h1-9,14,23,33H,10-12H2,(H,31,34). The van der Waals surface area contributed by atoms with Crippen LogP contribution < -0.4 is 10.2 Å². The lowest BCUT2D eigenvalue weighted by Crippen LogP contribution is -2.40. The predicted molar refractivity (Wildman–Crippen MR) is 117 cm³/mol. The van der Waals surface area contributed by atoms with Gasteiger partial charge in [0.2, 0.25) is 5.82 Å². The molecule has 4 rings (SSSR count). The Labute approximate surface area is 196 Å². The summed E-state index contributed by atoms with van der Waals surface area (Å²) < 4.78 is 68.9. The van der Waals surface area contributed by atoms with Gasteiger partial charge in [-0.05, 0) is 36.5 Å². The quantitative estimate of drug-likeness (QED) is 0.280. The van der Waals surface area contributed by atoms with Crippen LogP contribution in [0.4, 0.5) is 33.3 Å². The van der Waals surface area contributed by atoms with E-state index in [2.05, 4.69) is 5.32 Å². The summed E-state index contributed by atoms with van der Waals surface area (Å²) in [5.41, 5.74) is -1.04. The molecule has 10 heteroatoms. The van der Waals surface area contributed by atoms with Gasteiger partial charge in [0.05, 0.1) is 17.9 Å². The maximum absolute atomic E-state index is 14.2. The molecule has 0 aromatic heterocycles. The Morgan fingerprint density at radius 2 is 1.40 bits per heavy atom. The van der Waals surface area contributed by atoms with E-state index in [-0.39, 0.29) is 23.8 Å². The van der Waals surface area contributed by atoms with Gasteiger partial charge in [0.25, 0.3) is 11.8 Å². The van der Waals surface area contributed by atoms with Crippen LogP contribution in [0.1, 0.15) is 28.8 Å². The summed E-state index contributed by atoms with van der Waals surface area (Å²) in [5, 5.41) is 12.6. The SMILES string of the molecule is O=C(Nc1ccccc1N(Cc1ccccc1)C(=O)C(O)C1CC1)c1c(F)c(F)c(F)c(F)c1F. The largest absolute Gasteiger partial charge is 0.383 e. The van der Waals surface area contributed by atoms with Gasteiger partial charge in [-0.2, -0.15) is 0 Å². The summed E-state index contributed by atoms with van der Waals surface area (Å²) in [6.07, 6.45) is 0.0350. The van der Waals surface area contributed by atoms with Gasteiger partial charge in [0.1, 0.15) is 11.7 Å². The smallest absolute Gasteiger partial charge is 0.261 e. The van der Waals surface area contributed by atoms with E-state index in [9.17, 15) is 36.6 Å². The van der Waals surface area contributed by atoms with Crippen LogP contribution in [-0.4, -0.2) is 23.0 Å². The third kappa shape index (κ3) is 4.88. The Morgan fingerprint density at radius 1 is 0.857 bits per heavy atom. The van der Waals surface area contributed by atoms with Crippen molar-refractivity contribution in [2.45, 2.75) is 25.5 Å². The first-order chi connectivity index (χ1) is 16.7. The second kappa shape index (κ2) is 9.83. The molecule has 0 aliphatic heterocycles. The van der Waals surface area contributed by atoms with Crippen molar-refractivity contribution in [1.29, 1.82) is 0 Å². The molecule has 0 bridgehead atoms. The average molecular weight is 490 g/mol. The molecule has 3 aromatic rings. The van der Waals surface area contributed by atoms with Crippen LogP contribution in [0, 0.1) is 35.0 Å². The van der Waals surface area contributed by atoms with E-state index >= 15 is 0 Å². The number of amides is 2. The third-order valence-electron chi connectivity index (χ3n) is 5.65. The highest BCUT2D eigenvalue weighted by molar-refractivity contribution is 6.08. The van der Waals surface area contributed by atoms with Crippen molar-refractivity contribution in [3.63, 3.8) is 0 Å². The number of carbonyl (C=O) groups is 2. The van der Waals surface area contributed by atoms with Crippen molar-refractivity contribution >= 4 is 23.2 Å². The van der Waals surface area contributed by atoms with E-state index in [0.717, 1.165) is 0 Å². The molecule has 0 spiro atoms. The van der Waals surface area contributed by atoms with E-state index in [1.165, 1.54) is 29.2 Å².